The number of anilines is 2. The van der Waals surface area contributed by atoms with Crippen LogP contribution in [0.3, 0.4) is 0 Å². The molecule has 4 aromatic rings. The van der Waals surface area contributed by atoms with Crippen molar-refractivity contribution in [1.82, 2.24) is 0 Å². The number of methoxy groups -OCH3 is 2. The van der Waals surface area contributed by atoms with Crippen molar-refractivity contribution < 1.29 is 23.5 Å². The largest absolute Gasteiger partial charge is 0.497 e. The molecule has 0 radical (unpaired) electrons. The van der Waals surface area contributed by atoms with E-state index >= 15 is 0 Å². The third-order valence-electron chi connectivity index (χ3n) is 4.92. The maximum atomic E-state index is 13.0. The van der Waals surface area contributed by atoms with Gasteiger partial charge in [0.2, 0.25) is 11.7 Å². The summed E-state index contributed by atoms with van der Waals surface area (Å²) in [6.07, 6.45) is 0.139. The Bertz CT molecular complexity index is 1260. The van der Waals surface area contributed by atoms with Crippen molar-refractivity contribution in [1.29, 1.82) is 0 Å². The Kier molecular flexibility index (Phi) is 6.07. The van der Waals surface area contributed by atoms with Gasteiger partial charge in [0, 0.05) is 17.1 Å². The van der Waals surface area contributed by atoms with Crippen LogP contribution < -0.4 is 20.1 Å². The minimum absolute atomic E-state index is 0.0251. The van der Waals surface area contributed by atoms with Gasteiger partial charge in [0.25, 0.3) is 5.91 Å². The van der Waals surface area contributed by atoms with Gasteiger partial charge >= 0.3 is 0 Å². The van der Waals surface area contributed by atoms with Gasteiger partial charge in [-0.1, -0.05) is 30.3 Å². The number of ether oxygens (including phenoxy) is 2. The molecule has 2 amide bonds. The van der Waals surface area contributed by atoms with Crippen LogP contribution in [0.2, 0.25) is 0 Å². The summed E-state index contributed by atoms with van der Waals surface area (Å²) in [6, 6.07) is 21.4. The second kappa shape index (κ2) is 9.26. The molecule has 32 heavy (non-hydrogen) atoms. The van der Waals surface area contributed by atoms with Crippen LogP contribution >= 0.6 is 0 Å². The van der Waals surface area contributed by atoms with E-state index in [0.29, 0.717) is 33.8 Å². The summed E-state index contributed by atoms with van der Waals surface area (Å²) in [7, 11) is 3.14. The molecule has 0 bridgehead atoms. The number of para-hydroxylation sites is 1. The fraction of sp³-hybridized carbons (Fsp3) is 0.120. The molecule has 0 unspecified atom stereocenters. The number of rotatable bonds is 7. The maximum Gasteiger partial charge on any atom is 0.293 e. The fourth-order valence-electron chi connectivity index (χ4n) is 3.33. The summed E-state index contributed by atoms with van der Waals surface area (Å²) in [5, 5.41) is 6.29. The maximum absolute atomic E-state index is 13.0. The first-order valence-electron chi connectivity index (χ1n) is 9.97. The number of amides is 2. The molecule has 0 atom stereocenters. The molecule has 0 fully saturated rings. The highest BCUT2D eigenvalue weighted by Gasteiger charge is 2.22. The minimum Gasteiger partial charge on any atom is -0.497 e. The van der Waals surface area contributed by atoms with Gasteiger partial charge < -0.3 is 24.5 Å². The molecule has 0 spiro atoms. The lowest BCUT2D eigenvalue weighted by Crippen LogP contribution is -2.18. The smallest absolute Gasteiger partial charge is 0.293 e. The number of hydrogen-bond donors (Lipinski definition) is 2. The first-order valence-corrected chi connectivity index (χ1v) is 9.97. The predicted octanol–water partition coefficient (Wildman–Crippen LogP) is 4.88. The SMILES string of the molecule is COc1ccc(CC(=O)Nc2c(C(=O)Nc3cccc(OC)c3)oc3ccccc23)cc1. The summed E-state index contributed by atoms with van der Waals surface area (Å²) in [5.41, 5.74) is 2.20. The zero-order valence-corrected chi connectivity index (χ0v) is 17.7. The van der Waals surface area contributed by atoms with Gasteiger partial charge in [-0.05, 0) is 42.0 Å². The molecule has 7 heteroatoms. The number of benzene rings is 3. The number of nitrogens with one attached hydrogen (secondary N) is 2. The van der Waals surface area contributed by atoms with Crippen LogP contribution in [0.4, 0.5) is 11.4 Å². The van der Waals surface area contributed by atoms with Gasteiger partial charge in [-0.2, -0.15) is 0 Å². The molecule has 0 aliphatic heterocycles. The van der Waals surface area contributed by atoms with Gasteiger partial charge in [-0.25, -0.2) is 0 Å². The first-order chi connectivity index (χ1) is 15.6. The van der Waals surface area contributed by atoms with Crippen LogP contribution in [-0.4, -0.2) is 26.0 Å². The zero-order chi connectivity index (χ0) is 22.5. The van der Waals surface area contributed by atoms with Crippen molar-refractivity contribution >= 4 is 34.2 Å². The fourth-order valence-corrected chi connectivity index (χ4v) is 3.33. The van der Waals surface area contributed by atoms with Crippen LogP contribution in [0.15, 0.2) is 77.2 Å². The Morgan fingerprint density at radius 2 is 1.59 bits per heavy atom. The second-order valence-electron chi connectivity index (χ2n) is 7.06. The van der Waals surface area contributed by atoms with E-state index in [1.807, 2.05) is 18.2 Å². The van der Waals surface area contributed by atoms with Crippen molar-refractivity contribution in [3.05, 3.63) is 84.1 Å². The van der Waals surface area contributed by atoms with E-state index in [4.69, 9.17) is 13.9 Å². The quantitative estimate of drug-likeness (QED) is 0.436. The highest BCUT2D eigenvalue weighted by atomic mass is 16.5. The molecule has 1 aromatic heterocycles. The van der Waals surface area contributed by atoms with E-state index in [1.165, 1.54) is 0 Å². The first kappa shape index (κ1) is 21.0. The van der Waals surface area contributed by atoms with Crippen molar-refractivity contribution in [2.24, 2.45) is 0 Å². The number of furan rings is 1. The lowest BCUT2D eigenvalue weighted by Gasteiger charge is -2.09. The van der Waals surface area contributed by atoms with Gasteiger partial charge in [-0.15, -0.1) is 0 Å². The highest BCUT2D eigenvalue weighted by Crippen LogP contribution is 2.32. The molecule has 0 saturated carbocycles. The molecule has 2 N–H and O–H groups in total. The Morgan fingerprint density at radius 3 is 2.34 bits per heavy atom. The molecule has 162 valence electrons. The Morgan fingerprint density at radius 1 is 0.844 bits per heavy atom. The summed E-state index contributed by atoms with van der Waals surface area (Å²) in [5.74, 6) is 0.607. The highest BCUT2D eigenvalue weighted by molar-refractivity contribution is 6.14. The van der Waals surface area contributed by atoms with E-state index in [0.717, 1.165) is 5.56 Å². The average molecular weight is 430 g/mol. The van der Waals surface area contributed by atoms with Crippen LogP contribution in [0.25, 0.3) is 11.0 Å². The van der Waals surface area contributed by atoms with Gasteiger partial charge in [0.05, 0.1) is 20.6 Å². The second-order valence-corrected chi connectivity index (χ2v) is 7.06. The van der Waals surface area contributed by atoms with E-state index in [2.05, 4.69) is 10.6 Å². The third-order valence-corrected chi connectivity index (χ3v) is 4.92. The number of carbonyl (C=O) groups excluding carboxylic acids is 2. The molecule has 7 nitrogen and oxygen atoms in total. The van der Waals surface area contributed by atoms with Gasteiger partial charge in [-0.3, -0.25) is 9.59 Å². The van der Waals surface area contributed by atoms with Crippen LogP contribution in [0, 0.1) is 0 Å². The third kappa shape index (κ3) is 4.57. The topological polar surface area (TPSA) is 89.8 Å². The standard InChI is InChI=1S/C25H22N2O5/c1-30-18-12-10-16(11-13-18)14-22(28)27-23-20-8-3-4-9-21(20)32-24(23)25(29)26-17-6-5-7-19(15-17)31-2/h3-13,15H,14H2,1-2H3,(H,26,29)(H,27,28). The Balaban J connectivity index is 1.59. The van der Waals surface area contributed by atoms with E-state index < -0.39 is 5.91 Å². The van der Waals surface area contributed by atoms with Gasteiger partial charge in [0.15, 0.2) is 0 Å². The molecule has 3 aromatic carbocycles. The van der Waals surface area contributed by atoms with Crippen LogP contribution in [-0.2, 0) is 11.2 Å². The molecule has 4 rings (SSSR count). The van der Waals surface area contributed by atoms with Crippen molar-refractivity contribution in [3.63, 3.8) is 0 Å². The predicted molar refractivity (Wildman–Crippen MR) is 122 cm³/mol. The van der Waals surface area contributed by atoms with Crippen LogP contribution in [0.1, 0.15) is 16.1 Å². The molecular weight excluding hydrogens is 408 g/mol. The zero-order valence-electron chi connectivity index (χ0n) is 17.7. The molecule has 0 saturated heterocycles. The summed E-state index contributed by atoms with van der Waals surface area (Å²) in [6.45, 7) is 0. The van der Waals surface area contributed by atoms with Crippen molar-refractivity contribution in [2.45, 2.75) is 6.42 Å². The van der Waals surface area contributed by atoms with Crippen molar-refractivity contribution in [2.75, 3.05) is 24.9 Å². The summed E-state index contributed by atoms with van der Waals surface area (Å²) >= 11 is 0. The monoisotopic (exact) mass is 430 g/mol. The van der Waals surface area contributed by atoms with Crippen LogP contribution in [0.5, 0.6) is 11.5 Å². The number of fused-ring (bicyclic) bond motifs is 1. The van der Waals surface area contributed by atoms with E-state index in [1.54, 1.807) is 68.8 Å². The summed E-state index contributed by atoms with van der Waals surface area (Å²) < 4.78 is 16.1. The number of carbonyl (C=O) groups is 2. The molecule has 1 heterocycles. The van der Waals surface area contributed by atoms with Crippen molar-refractivity contribution in [3.8, 4) is 11.5 Å². The lowest BCUT2D eigenvalue weighted by atomic mass is 10.1. The molecule has 0 aliphatic carbocycles. The van der Waals surface area contributed by atoms with E-state index in [9.17, 15) is 9.59 Å². The summed E-state index contributed by atoms with van der Waals surface area (Å²) in [4.78, 5) is 25.8. The normalized spacial score (nSPS) is 10.6. The Labute approximate surface area is 184 Å². The van der Waals surface area contributed by atoms with Gasteiger partial charge in [0.1, 0.15) is 22.8 Å². The molecular formula is C25H22N2O5. The Hall–Kier alpha value is -4.26. The van der Waals surface area contributed by atoms with E-state index in [-0.39, 0.29) is 18.1 Å². The molecule has 0 aliphatic rings. The number of hydrogen-bond acceptors (Lipinski definition) is 5. The lowest BCUT2D eigenvalue weighted by molar-refractivity contribution is -0.115. The minimum atomic E-state index is -0.478. The average Bonchev–Trinajstić information content (AvgIpc) is 3.18.